The van der Waals surface area contributed by atoms with Crippen molar-refractivity contribution in [3.8, 4) is 0 Å². The molecule has 2 atom stereocenters. The largest absolute Gasteiger partial charge is 0.344 e. The summed E-state index contributed by atoms with van der Waals surface area (Å²) < 4.78 is 3.40. The highest BCUT2D eigenvalue weighted by Gasteiger charge is 2.25. The molecule has 0 radical (unpaired) electrons. The van der Waals surface area contributed by atoms with Crippen LogP contribution in [0.25, 0.3) is 0 Å². The van der Waals surface area contributed by atoms with Crippen molar-refractivity contribution >= 4 is 11.8 Å². The van der Waals surface area contributed by atoms with Crippen LogP contribution in [0.5, 0.6) is 0 Å². The molecule has 0 saturated carbocycles. The zero-order chi connectivity index (χ0) is 15.6. The molecule has 8 heteroatoms. The van der Waals surface area contributed by atoms with Crippen LogP contribution in [0.2, 0.25) is 0 Å². The third-order valence-corrected chi connectivity index (χ3v) is 4.71. The van der Waals surface area contributed by atoms with E-state index in [2.05, 4.69) is 22.2 Å². The maximum absolute atomic E-state index is 11.8. The van der Waals surface area contributed by atoms with E-state index in [9.17, 15) is 4.79 Å². The molecule has 7 nitrogen and oxygen atoms in total. The highest BCUT2D eigenvalue weighted by molar-refractivity contribution is 7.99. The summed E-state index contributed by atoms with van der Waals surface area (Å²) in [5.74, 6) is 0. The number of rotatable bonds is 6. The molecule has 0 aliphatic rings. The Morgan fingerprint density at radius 3 is 2.71 bits per heavy atom. The monoisotopic (exact) mass is 310 g/mol. The van der Waals surface area contributed by atoms with E-state index in [0.29, 0.717) is 5.16 Å². The number of aromatic amines is 1. The van der Waals surface area contributed by atoms with Gasteiger partial charge in [0.15, 0.2) is 5.16 Å². The van der Waals surface area contributed by atoms with Crippen molar-refractivity contribution in [3.05, 3.63) is 28.4 Å². The average molecular weight is 310 g/mol. The quantitative estimate of drug-likeness (QED) is 0.788. The van der Waals surface area contributed by atoms with Crippen LogP contribution in [-0.4, -0.2) is 30.6 Å². The average Bonchev–Trinajstić information content (AvgIpc) is 3.01. The van der Waals surface area contributed by atoms with E-state index in [1.807, 2.05) is 33.3 Å². The summed E-state index contributed by atoms with van der Waals surface area (Å²) in [5.41, 5.74) is 7.11. The number of aryl methyl sites for hydroxylation is 1. The molecular weight excluding hydrogens is 288 g/mol. The molecule has 0 fully saturated rings. The lowest BCUT2D eigenvalue weighted by Crippen LogP contribution is -2.26. The minimum atomic E-state index is -0.192. The first-order valence-corrected chi connectivity index (χ1v) is 7.89. The highest BCUT2D eigenvalue weighted by atomic mass is 32.2. The summed E-state index contributed by atoms with van der Waals surface area (Å²) in [5, 5.41) is 11.5. The van der Waals surface area contributed by atoms with Gasteiger partial charge in [0.2, 0.25) is 0 Å². The molecule has 3 N–H and O–H groups in total. The zero-order valence-corrected chi connectivity index (χ0v) is 13.6. The van der Waals surface area contributed by atoms with Crippen molar-refractivity contribution in [1.29, 1.82) is 0 Å². The summed E-state index contributed by atoms with van der Waals surface area (Å²) in [6, 6.07) is 0.0118. The van der Waals surface area contributed by atoms with E-state index in [1.165, 1.54) is 11.8 Å². The minimum absolute atomic E-state index is 0.0106. The van der Waals surface area contributed by atoms with Crippen LogP contribution < -0.4 is 11.4 Å². The van der Waals surface area contributed by atoms with Gasteiger partial charge in [-0.2, -0.15) is 5.10 Å². The summed E-state index contributed by atoms with van der Waals surface area (Å²) in [6.45, 7) is 5.97. The molecule has 2 heterocycles. The molecular formula is C13H22N6OS. The van der Waals surface area contributed by atoms with Crippen LogP contribution in [-0.2, 0) is 7.05 Å². The van der Waals surface area contributed by atoms with Gasteiger partial charge < -0.3 is 5.73 Å². The first-order chi connectivity index (χ1) is 9.93. The van der Waals surface area contributed by atoms with Gasteiger partial charge in [-0.25, -0.2) is 9.89 Å². The SMILES string of the molecule is CCC(N)C(Sc1n[nH]c(=O)n1C(C)C)c1cnn(C)c1. The van der Waals surface area contributed by atoms with Gasteiger partial charge in [-0.1, -0.05) is 18.7 Å². The molecule has 0 bridgehead atoms. The Bertz CT molecular complexity index is 643. The summed E-state index contributed by atoms with van der Waals surface area (Å²) in [7, 11) is 1.88. The molecule has 116 valence electrons. The van der Waals surface area contributed by atoms with Gasteiger partial charge >= 0.3 is 5.69 Å². The van der Waals surface area contributed by atoms with Gasteiger partial charge in [-0.3, -0.25) is 9.25 Å². The molecule has 2 aromatic heterocycles. The summed E-state index contributed by atoms with van der Waals surface area (Å²) in [4.78, 5) is 11.8. The number of nitrogens with one attached hydrogen (secondary N) is 1. The lowest BCUT2D eigenvalue weighted by Gasteiger charge is -2.21. The fraction of sp³-hybridized carbons (Fsp3) is 0.615. The normalized spacial score (nSPS) is 14.6. The minimum Gasteiger partial charge on any atom is -0.326 e. The van der Waals surface area contributed by atoms with Crippen molar-refractivity contribution in [2.45, 2.75) is 49.7 Å². The highest BCUT2D eigenvalue weighted by Crippen LogP contribution is 2.37. The smallest absolute Gasteiger partial charge is 0.326 e. The van der Waals surface area contributed by atoms with Gasteiger partial charge in [0.25, 0.3) is 0 Å². The van der Waals surface area contributed by atoms with Crippen molar-refractivity contribution in [1.82, 2.24) is 24.5 Å². The van der Waals surface area contributed by atoms with Crippen molar-refractivity contribution in [2.24, 2.45) is 12.8 Å². The zero-order valence-electron chi connectivity index (χ0n) is 12.8. The molecule has 0 saturated heterocycles. The summed E-state index contributed by atoms with van der Waals surface area (Å²) in [6.07, 6.45) is 4.61. The van der Waals surface area contributed by atoms with E-state index >= 15 is 0 Å². The van der Waals surface area contributed by atoms with Gasteiger partial charge in [0.05, 0.1) is 11.4 Å². The first-order valence-electron chi connectivity index (χ1n) is 7.01. The topological polar surface area (TPSA) is 94.5 Å². The number of aromatic nitrogens is 5. The molecule has 0 spiro atoms. The summed E-state index contributed by atoms with van der Waals surface area (Å²) >= 11 is 1.51. The van der Waals surface area contributed by atoms with Gasteiger partial charge in [-0.15, -0.1) is 5.10 Å². The van der Waals surface area contributed by atoms with E-state index < -0.39 is 0 Å². The number of thioether (sulfide) groups is 1. The molecule has 2 unspecified atom stereocenters. The number of nitrogens with two attached hydrogens (primary N) is 1. The Kier molecular flexibility index (Phi) is 4.89. The Hall–Kier alpha value is -1.54. The maximum Gasteiger partial charge on any atom is 0.344 e. The van der Waals surface area contributed by atoms with Crippen molar-refractivity contribution in [2.75, 3.05) is 0 Å². The fourth-order valence-corrected chi connectivity index (χ4v) is 3.50. The van der Waals surface area contributed by atoms with E-state index in [1.54, 1.807) is 9.25 Å². The first kappa shape index (κ1) is 15.8. The van der Waals surface area contributed by atoms with Crippen LogP contribution in [0, 0.1) is 0 Å². The standard InChI is InChI=1S/C13H22N6OS/c1-5-10(14)11(9-6-15-18(4)7-9)21-13-17-16-12(20)19(13)8(2)3/h6-8,10-11H,5,14H2,1-4H3,(H,16,20). The third kappa shape index (κ3) is 3.38. The molecule has 0 amide bonds. The second-order valence-corrected chi connectivity index (χ2v) is 6.44. The van der Waals surface area contributed by atoms with E-state index in [-0.39, 0.29) is 23.0 Å². The number of H-pyrrole nitrogens is 1. The molecule has 21 heavy (non-hydrogen) atoms. The Morgan fingerprint density at radius 1 is 1.48 bits per heavy atom. The predicted octanol–water partition coefficient (Wildman–Crippen LogP) is 1.46. The Balaban J connectivity index is 2.34. The lowest BCUT2D eigenvalue weighted by molar-refractivity contribution is 0.531. The fourth-order valence-electron chi connectivity index (χ4n) is 2.15. The molecule has 0 aromatic carbocycles. The second-order valence-electron chi connectivity index (χ2n) is 5.33. The van der Waals surface area contributed by atoms with Crippen LogP contribution in [0.3, 0.4) is 0 Å². The number of hydrogen-bond acceptors (Lipinski definition) is 5. The van der Waals surface area contributed by atoms with E-state index in [4.69, 9.17) is 5.73 Å². The Labute approximate surface area is 127 Å². The molecule has 2 aromatic rings. The van der Waals surface area contributed by atoms with Crippen molar-refractivity contribution < 1.29 is 0 Å². The van der Waals surface area contributed by atoms with Crippen LogP contribution in [0.1, 0.15) is 44.0 Å². The maximum atomic E-state index is 11.8. The third-order valence-electron chi connectivity index (χ3n) is 3.33. The van der Waals surface area contributed by atoms with Gasteiger partial charge in [0, 0.05) is 30.9 Å². The molecule has 2 rings (SSSR count). The number of hydrogen-bond donors (Lipinski definition) is 2. The molecule has 0 aliphatic heterocycles. The van der Waals surface area contributed by atoms with Crippen LogP contribution in [0.15, 0.2) is 22.3 Å². The lowest BCUT2D eigenvalue weighted by atomic mass is 10.1. The predicted molar refractivity (Wildman–Crippen MR) is 83.3 cm³/mol. The van der Waals surface area contributed by atoms with Crippen LogP contribution in [0.4, 0.5) is 0 Å². The van der Waals surface area contributed by atoms with Gasteiger partial charge in [-0.05, 0) is 20.3 Å². The molecule has 0 aliphatic carbocycles. The van der Waals surface area contributed by atoms with E-state index in [0.717, 1.165) is 12.0 Å². The Morgan fingerprint density at radius 2 is 2.19 bits per heavy atom. The van der Waals surface area contributed by atoms with Crippen molar-refractivity contribution in [3.63, 3.8) is 0 Å². The van der Waals surface area contributed by atoms with Crippen LogP contribution >= 0.6 is 11.8 Å². The second kappa shape index (κ2) is 6.48. The number of nitrogens with zero attached hydrogens (tertiary/aromatic N) is 4. The van der Waals surface area contributed by atoms with Gasteiger partial charge in [0.1, 0.15) is 0 Å².